The highest BCUT2D eigenvalue weighted by atomic mass is 35.5. The van der Waals surface area contributed by atoms with Crippen LogP contribution in [0, 0.1) is 11.7 Å². The zero-order valence-electron chi connectivity index (χ0n) is 10.5. The van der Waals surface area contributed by atoms with E-state index >= 15 is 0 Å². The number of ether oxygens (including phenoxy) is 1. The van der Waals surface area contributed by atoms with Gasteiger partial charge in [0.2, 0.25) is 0 Å². The first-order valence-corrected chi connectivity index (χ1v) is 5.55. The minimum atomic E-state index is -4.80. The lowest BCUT2D eigenvalue weighted by atomic mass is 9.93. The molecule has 0 fully saturated rings. The van der Waals surface area contributed by atoms with Crippen LogP contribution in [0.15, 0.2) is 18.2 Å². The lowest BCUT2D eigenvalue weighted by Crippen LogP contribution is -2.21. The van der Waals surface area contributed by atoms with Crippen molar-refractivity contribution in [2.24, 2.45) is 11.7 Å². The van der Waals surface area contributed by atoms with Gasteiger partial charge in [-0.2, -0.15) is 0 Å². The Kier molecular flexibility index (Phi) is 6.59. The molecule has 0 amide bonds. The number of alkyl halides is 3. The summed E-state index contributed by atoms with van der Waals surface area (Å²) in [6.07, 6.45) is -4.10. The first-order valence-electron chi connectivity index (χ1n) is 5.55. The van der Waals surface area contributed by atoms with Crippen LogP contribution in [0.5, 0.6) is 5.75 Å². The Morgan fingerprint density at radius 2 is 1.89 bits per heavy atom. The number of rotatable bonds is 4. The zero-order chi connectivity index (χ0) is 13.9. The Morgan fingerprint density at radius 1 is 1.32 bits per heavy atom. The highest BCUT2D eigenvalue weighted by Crippen LogP contribution is 2.30. The lowest BCUT2D eigenvalue weighted by Gasteiger charge is -2.20. The molecule has 0 aliphatic heterocycles. The molecule has 0 saturated heterocycles. The fraction of sp³-hybridized carbons (Fsp3) is 0.500. The average Bonchev–Trinajstić information content (AvgIpc) is 2.28. The third-order valence-electron chi connectivity index (χ3n) is 2.82. The summed E-state index contributed by atoms with van der Waals surface area (Å²) in [4.78, 5) is 0. The van der Waals surface area contributed by atoms with Crippen molar-refractivity contribution < 1.29 is 22.3 Å². The summed E-state index contributed by atoms with van der Waals surface area (Å²) in [6.45, 7) is 3.68. The van der Waals surface area contributed by atoms with Crippen LogP contribution in [0.25, 0.3) is 0 Å². The molecule has 0 aliphatic carbocycles. The first-order chi connectivity index (χ1) is 8.24. The summed E-state index contributed by atoms with van der Waals surface area (Å²) in [7, 11) is 0. The van der Waals surface area contributed by atoms with E-state index in [-0.39, 0.29) is 23.9 Å². The summed E-state index contributed by atoms with van der Waals surface area (Å²) in [5, 5.41) is 0. The van der Waals surface area contributed by atoms with Gasteiger partial charge in [0.25, 0.3) is 0 Å². The van der Waals surface area contributed by atoms with E-state index in [0.717, 1.165) is 18.2 Å². The van der Waals surface area contributed by atoms with Crippen molar-refractivity contribution in [3.63, 3.8) is 0 Å². The van der Waals surface area contributed by atoms with Gasteiger partial charge < -0.3 is 10.5 Å². The third kappa shape index (κ3) is 5.24. The molecule has 1 aromatic rings. The Balaban J connectivity index is 0.00000324. The number of benzene rings is 1. The van der Waals surface area contributed by atoms with Crippen LogP contribution in [0.1, 0.15) is 31.9 Å². The van der Waals surface area contributed by atoms with Crippen LogP contribution in [-0.2, 0) is 0 Å². The highest BCUT2D eigenvalue weighted by molar-refractivity contribution is 5.85. The molecule has 2 atom stereocenters. The SMILES string of the molecule is CCC(C)[C@@H](N)c1cc(OC(F)(F)F)ccc1F.Cl. The van der Waals surface area contributed by atoms with E-state index in [0.29, 0.717) is 6.42 Å². The van der Waals surface area contributed by atoms with E-state index < -0.39 is 24.0 Å². The van der Waals surface area contributed by atoms with Crippen molar-refractivity contribution in [2.45, 2.75) is 32.7 Å². The second kappa shape index (κ2) is 6.96. The summed E-state index contributed by atoms with van der Waals surface area (Å²) in [6, 6.07) is 2.19. The number of halogens is 5. The molecule has 0 saturated carbocycles. The Bertz CT molecular complexity index is 411. The van der Waals surface area contributed by atoms with Gasteiger partial charge in [-0.15, -0.1) is 25.6 Å². The van der Waals surface area contributed by atoms with Crippen molar-refractivity contribution in [1.82, 2.24) is 0 Å². The van der Waals surface area contributed by atoms with Crippen molar-refractivity contribution in [3.05, 3.63) is 29.6 Å². The van der Waals surface area contributed by atoms with Gasteiger partial charge in [-0.05, 0) is 24.1 Å². The molecule has 2 N–H and O–H groups in total. The normalized spacial score (nSPS) is 14.5. The quantitative estimate of drug-likeness (QED) is 0.846. The van der Waals surface area contributed by atoms with Gasteiger partial charge in [-0.25, -0.2) is 4.39 Å². The molecule has 2 nitrogen and oxygen atoms in total. The van der Waals surface area contributed by atoms with Crippen LogP contribution < -0.4 is 10.5 Å². The van der Waals surface area contributed by atoms with Gasteiger partial charge in [0.15, 0.2) is 0 Å². The molecule has 7 heteroatoms. The van der Waals surface area contributed by atoms with Crippen LogP contribution in [0.2, 0.25) is 0 Å². The maximum Gasteiger partial charge on any atom is 0.573 e. The van der Waals surface area contributed by atoms with Crippen LogP contribution in [-0.4, -0.2) is 6.36 Å². The molecule has 0 spiro atoms. The van der Waals surface area contributed by atoms with E-state index in [4.69, 9.17) is 5.73 Å². The van der Waals surface area contributed by atoms with E-state index in [1.54, 1.807) is 6.92 Å². The van der Waals surface area contributed by atoms with E-state index in [1.165, 1.54) is 0 Å². The Hall–Kier alpha value is -1.01. The average molecular weight is 302 g/mol. The number of hydrogen-bond acceptors (Lipinski definition) is 2. The lowest BCUT2D eigenvalue weighted by molar-refractivity contribution is -0.274. The third-order valence-corrected chi connectivity index (χ3v) is 2.82. The summed E-state index contributed by atoms with van der Waals surface area (Å²) >= 11 is 0. The molecule has 110 valence electrons. The van der Waals surface area contributed by atoms with Crippen molar-refractivity contribution in [1.29, 1.82) is 0 Å². The van der Waals surface area contributed by atoms with Gasteiger partial charge in [-0.1, -0.05) is 20.3 Å². The fourth-order valence-electron chi connectivity index (χ4n) is 1.53. The van der Waals surface area contributed by atoms with Gasteiger partial charge in [-0.3, -0.25) is 0 Å². The first kappa shape index (κ1) is 18.0. The van der Waals surface area contributed by atoms with Gasteiger partial charge in [0.05, 0.1) is 0 Å². The van der Waals surface area contributed by atoms with Crippen LogP contribution in [0.3, 0.4) is 0 Å². The minimum Gasteiger partial charge on any atom is -0.406 e. The van der Waals surface area contributed by atoms with Crippen molar-refractivity contribution in [2.75, 3.05) is 0 Å². The maximum atomic E-state index is 13.5. The monoisotopic (exact) mass is 301 g/mol. The molecular weight excluding hydrogens is 286 g/mol. The predicted molar refractivity (Wildman–Crippen MR) is 66.7 cm³/mol. The van der Waals surface area contributed by atoms with Crippen molar-refractivity contribution >= 4 is 12.4 Å². The molecule has 0 aliphatic rings. The van der Waals surface area contributed by atoms with E-state index in [1.807, 2.05) is 6.92 Å². The van der Waals surface area contributed by atoms with E-state index in [2.05, 4.69) is 4.74 Å². The molecule has 0 heterocycles. The smallest absolute Gasteiger partial charge is 0.406 e. The highest BCUT2D eigenvalue weighted by Gasteiger charge is 2.31. The molecule has 1 rings (SSSR count). The molecule has 0 radical (unpaired) electrons. The topological polar surface area (TPSA) is 35.2 Å². The van der Waals surface area contributed by atoms with Gasteiger partial charge in [0, 0.05) is 11.6 Å². The fourth-order valence-corrected chi connectivity index (χ4v) is 1.53. The molecule has 0 aromatic heterocycles. The van der Waals surface area contributed by atoms with E-state index in [9.17, 15) is 17.6 Å². The van der Waals surface area contributed by atoms with Gasteiger partial charge in [0.1, 0.15) is 11.6 Å². The molecule has 1 aromatic carbocycles. The van der Waals surface area contributed by atoms with Gasteiger partial charge >= 0.3 is 6.36 Å². The largest absolute Gasteiger partial charge is 0.573 e. The maximum absolute atomic E-state index is 13.5. The zero-order valence-corrected chi connectivity index (χ0v) is 11.3. The second-order valence-electron chi connectivity index (χ2n) is 4.14. The second-order valence-corrected chi connectivity index (χ2v) is 4.14. The Labute approximate surface area is 115 Å². The summed E-state index contributed by atoms with van der Waals surface area (Å²) in [5.41, 5.74) is 5.84. The molecule has 1 unspecified atom stereocenters. The molecule has 0 bridgehead atoms. The predicted octanol–water partition coefficient (Wildman–Crippen LogP) is 4.19. The van der Waals surface area contributed by atoms with Crippen LogP contribution >= 0.6 is 12.4 Å². The Morgan fingerprint density at radius 3 is 2.37 bits per heavy atom. The number of hydrogen-bond donors (Lipinski definition) is 1. The minimum absolute atomic E-state index is 0. The van der Waals surface area contributed by atoms with Crippen LogP contribution in [0.4, 0.5) is 17.6 Å². The molecular formula is C12H16ClF4NO. The summed E-state index contributed by atoms with van der Waals surface area (Å²) < 4.78 is 53.4. The number of nitrogens with two attached hydrogens (primary N) is 1. The standard InChI is InChI=1S/C12H15F4NO.ClH/c1-3-7(2)11(17)9-6-8(4-5-10(9)13)18-12(14,15)16;/h4-7,11H,3,17H2,1-2H3;1H/t7?,11-;/m1./s1. The summed E-state index contributed by atoms with van der Waals surface area (Å²) in [5.74, 6) is -1.13. The van der Waals surface area contributed by atoms with Crippen molar-refractivity contribution in [3.8, 4) is 5.75 Å². The molecule has 19 heavy (non-hydrogen) atoms.